The molecule has 0 saturated heterocycles. The lowest BCUT2D eigenvalue weighted by Crippen LogP contribution is -2.13. The van der Waals surface area contributed by atoms with E-state index in [1.165, 1.54) is 11.3 Å². The molecule has 1 N–H and O–H groups in total. The molecule has 0 amide bonds. The van der Waals surface area contributed by atoms with Crippen LogP contribution < -0.4 is 4.80 Å². The second-order valence-electron chi connectivity index (χ2n) is 1.89. The highest BCUT2D eigenvalue weighted by Gasteiger charge is 1.90. The molecule has 10 heavy (non-hydrogen) atoms. The Labute approximate surface area is 68.4 Å². The van der Waals surface area contributed by atoms with Crippen molar-refractivity contribution in [1.82, 2.24) is 4.57 Å². The lowest BCUT2D eigenvalue weighted by molar-refractivity contribution is 0.736. The second-order valence-corrected chi connectivity index (χ2v) is 3.77. The van der Waals surface area contributed by atoms with Gasteiger partial charge in [0.2, 0.25) is 0 Å². The van der Waals surface area contributed by atoms with E-state index in [4.69, 9.17) is 5.41 Å². The topological polar surface area (TPSA) is 28.8 Å². The van der Waals surface area contributed by atoms with E-state index >= 15 is 0 Å². The van der Waals surface area contributed by atoms with Crippen molar-refractivity contribution in [3.05, 3.63) is 16.4 Å². The molecule has 2 nitrogen and oxygen atoms in total. The van der Waals surface area contributed by atoms with Crippen molar-refractivity contribution in [3.63, 3.8) is 0 Å². The standard InChI is InChI=1S/C6H10N2S2/c1-9-4-2-8-3-5-10-6(8)7/h3,5,7H,2,4H2,1H3. The van der Waals surface area contributed by atoms with Gasteiger partial charge >= 0.3 is 0 Å². The molecule has 0 aliphatic heterocycles. The van der Waals surface area contributed by atoms with Gasteiger partial charge in [0, 0.05) is 23.9 Å². The van der Waals surface area contributed by atoms with Crippen molar-refractivity contribution in [1.29, 1.82) is 5.41 Å². The van der Waals surface area contributed by atoms with Gasteiger partial charge in [-0.25, -0.2) is 0 Å². The average molecular weight is 174 g/mol. The summed E-state index contributed by atoms with van der Waals surface area (Å²) in [5.41, 5.74) is 0. The SMILES string of the molecule is CSCCn1ccsc1=N. The first-order chi connectivity index (χ1) is 4.84. The molecule has 0 fully saturated rings. The Morgan fingerprint density at radius 1 is 1.80 bits per heavy atom. The highest BCUT2D eigenvalue weighted by atomic mass is 32.2. The van der Waals surface area contributed by atoms with Gasteiger partial charge in [-0.05, 0) is 6.26 Å². The molecule has 0 saturated carbocycles. The van der Waals surface area contributed by atoms with Crippen LogP contribution in [0.5, 0.6) is 0 Å². The van der Waals surface area contributed by atoms with Gasteiger partial charge < -0.3 is 4.57 Å². The van der Waals surface area contributed by atoms with Gasteiger partial charge in [-0.15, -0.1) is 11.3 Å². The number of aromatic nitrogens is 1. The number of aryl methyl sites for hydroxylation is 1. The molecular formula is C6H10N2S2. The van der Waals surface area contributed by atoms with E-state index < -0.39 is 0 Å². The number of hydrogen-bond acceptors (Lipinski definition) is 3. The zero-order valence-electron chi connectivity index (χ0n) is 5.83. The number of thioether (sulfide) groups is 1. The monoisotopic (exact) mass is 174 g/mol. The zero-order chi connectivity index (χ0) is 7.40. The molecule has 0 unspecified atom stereocenters. The Hall–Kier alpha value is -0.220. The predicted octanol–water partition coefficient (Wildman–Crippen LogP) is 1.39. The molecular weight excluding hydrogens is 164 g/mol. The van der Waals surface area contributed by atoms with Crippen LogP contribution in [0.2, 0.25) is 0 Å². The van der Waals surface area contributed by atoms with Crippen LogP contribution in [-0.4, -0.2) is 16.6 Å². The molecule has 0 aliphatic carbocycles. The van der Waals surface area contributed by atoms with E-state index in [-0.39, 0.29) is 0 Å². The molecule has 4 heteroatoms. The minimum atomic E-state index is 0.647. The highest BCUT2D eigenvalue weighted by Crippen LogP contribution is 1.94. The third-order valence-corrected chi connectivity index (χ3v) is 2.52. The predicted molar refractivity (Wildman–Crippen MR) is 46.5 cm³/mol. The quantitative estimate of drug-likeness (QED) is 0.737. The van der Waals surface area contributed by atoms with Gasteiger partial charge in [0.1, 0.15) is 0 Å². The van der Waals surface area contributed by atoms with Crippen molar-refractivity contribution in [2.75, 3.05) is 12.0 Å². The van der Waals surface area contributed by atoms with Crippen LogP contribution in [0.15, 0.2) is 11.6 Å². The average Bonchev–Trinajstić information content (AvgIpc) is 2.31. The summed E-state index contributed by atoms with van der Waals surface area (Å²) < 4.78 is 1.96. The van der Waals surface area contributed by atoms with Crippen LogP contribution in [0.25, 0.3) is 0 Å². The Kier molecular flexibility index (Phi) is 3.02. The maximum Gasteiger partial charge on any atom is 0.181 e. The Morgan fingerprint density at radius 3 is 3.10 bits per heavy atom. The number of thiazole rings is 1. The van der Waals surface area contributed by atoms with Crippen LogP contribution in [0.4, 0.5) is 0 Å². The lowest BCUT2D eigenvalue weighted by Gasteiger charge is -1.97. The first-order valence-corrected chi connectivity index (χ1v) is 5.29. The third-order valence-electron chi connectivity index (χ3n) is 1.22. The number of rotatable bonds is 3. The van der Waals surface area contributed by atoms with Crippen LogP contribution in [-0.2, 0) is 6.54 Å². The maximum atomic E-state index is 7.40. The van der Waals surface area contributed by atoms with Gasteiger partial charge in [0.05, 0.1) is 0 Å². The van der Waals surface area contributed by atoms with Crippen molar-refractivity contribution >= 4 is 23.1 Å². The van der Waals surface area contributed by atoms with Crippen molar-refractivity contribution < 1.29 is 0 Å². The van der Waals surface area contributed by atoms with Gasteiger partial charge in [-0.3, -0.25) is 5.41 Å². The molecule has 0 radical (unpaired) electrons. The normalized spacial score (nSPS) is 10.1. The highest BCUT2D eigenvalue weighted by molar-refractivity contribution is 7.98. The maximum absolute atomic E-state index is 7.40. The minimum absolute atomic E-state index is 0.647. The van der Waals surface area contributed by atoms with Crippen LogP contribution in [0.3, 0.4) is 0 Å². The second kappa shape index (κ2) is 3.83. The summed E-state index contributed by atoms with van der Waals surface area (Å²) in [6.45, 7) is 0.962. The zero-order valence-corrected chi connectivity index (χ0v) is 7.47. The minimum Gasteiger partial charge on any atom is -0.323 e. The number of nitrogens with one attached hydrogen (secondary N) is 1. The van der Waals surface area contributed by atoms with Gasteiger partial charge in [0.15, 0.2) is 4.80 Å². The van der Waals surface area contributed by atoms with Crippen LogP contribution >= 0.6 is 23.1 Å². The Bertz CT molecular complexity index is 238. The van der Waals surface area contributed by atoms with E-state index in [2.05, 4.69) is 6.26 Å². The molecule has 1 aromatic heterocycles. The summed E-state index contributed by atoms with van der Waals surface area (Å²) in [4.78, 5) is 0.647. The van der Waals surface area contributed by atoms with E-state index in [0.717, 1.165) is 12.3 Å². The first kappa shape index (κ1) is 7.88. The molecule has 0 bridgehead atoms. The molecule has 1 heterocycles. The summed E-state index contributed by atoms with van der Waals surface area (Å²) >= 11 is 3.28. The van der Waals surface area contributed by atoms with Crippen molar-refractivity contribution in [3.8, 4) is 0 Å². The largest absolute Gasteiger partial charge is 0.323 e. The number of nitrogens with zero attached hydrogens (tertiary/aromatic N) is 1. The lowest BCUT2D eigenvalue weighted by atomic mass is 10.7. The summed E-state index contributed by atoms with van der Waals surface area (Å²) in [5.74, 6) is 1.09. The third kappa shape index (κ3) is 1.88. The summed E-state index contributed by atoms with van der Waals surface area (Å²) in [7, 11) is 0. The van der Waals surface area contributed by atoms with Crippen molar-refractivity contribution in [2.45, 2.75) is 6.54 Å². The molecule has 1 aromatic rings. The smallest absolute Gasteiger partial charge is 0.181 e. The summed E-state index contributed by atoms with van der Waals surface area (Å²) in [6, 6.07) is 0. The Morgan fingerprint density at radius 2 is 2.60 bits per heavy atom. The molecule has 1 rings (SSSR count). The van der Waals surface area contributed by atoms with Crippen molar-refractivity contribution in [2.24, 2.45) is 0 Å². The van der Waals surface area contributed by atoms with E-state index in [0.29, 0.717) is 4.80 Å². The molecule has 0 atom stereocenters. The molecule has 0 aromatic carbocycles. The van der Waals surface area contributed by atoms with E-state index in [1.54, 1.807) is 0 Å². The summed E-state index contributed by atoms with van der Waals surface area (Å²) in [6.07, 6.45) is 4.04. The van der Waals surface area contributed by atoms with Gasteiger partial charge in [0.25, 0.3) is 0 Å². The van der Waals surface area contributed by atoms with Gasteiger partial charge in [-0.2, -0.15) is 11.8 Å². The fourth-order valence-electron chi connectivity index (χ4n) is 0.669. The van der Waals surface area contributed by atoms with E-state index in [1.807, 2.05) is 27.9 Å². The van der Waals surface area contributed by atoms with Crippen LogP contribution in [0, 0.1) is 5.41 Å². The fraction of sp³-hybridized carbons (Fsp3) is 0.500. The van der Waals surface area contributed by atoms with Crippen LogP contribution in [0.1, 0.15) is 0 Å². The fourth-order valence-corrected chi connectivity index (χ4v) is 1.67. The number of hydrogen-bond donors (Lipinski definition) is 1. The van der Waals surface area contributed by atoms with Gasteiger partial charge in [-0.1, -0.05) is 0 Å². The van der Waals surface area contributed by atoms with E-state index in [9.17, 15) is 0 Å². The summed E-state index contributed by atoms with van der Waals surface area (Å²) in [5, 5.41) is 9.35. The molecule has 56 valence electrons. The Balaban J connectivity index is 2.57. The first-order valence-electron chi connectivity index (χ1n) is 3.02. The molecule has 0 aliphatic rings. The molecule has 0 spiro atoms.